The van der Waals surface area contributed by atoms with E-state index in [1.165, 1.54) is 13.1 Å². The molecule has 168 valence electrons. The van der Waals surface area contributed by atoms with Crippen LogP contribution in [0.4, 0.5) is 18.9 Å². The molecule has 3 aromatic rings. The van der Waals surface area contributed by atoms with Gasteiger partial charge in [0.2, 0.25) is 0 Å². The fourth-order valence-electron chi connectivity index (χ4n) is 2.83. The fraction of sp³-hybridized carbons (Fsp3) is 0.227. The van der Waals surface area contributed by atoms with Crippen LogP contribution in [0.5, 0.6) is 0 Å². The zero-order chi connectivity index (χ0) is 23.3. The van der Waals surface area contributed by atoms with E-state index in [1.54, 1.807) is 42.3 Å². The Morgan fingerprint density at radius 1 is 1.30 bits per heavy atom. The van der Waals surface area contributed by atoms with Gasteiger partial charge in [0.15, 0.2) is 0 Å². The Balaban J connectivity index is 0.00000385. The van der Waals surface area contributed by atoms with E-state index in [-0.39, 0.29) is 68.7 Å². The molecule has 2 heterocycles. The van der Waals surface area contributed by atoms with Crippen LogP contribution in [0, 0.1) is 13.1 Å². The number of carbonyl (C=O) groups excluding carboxylic acids is 1. The van der Waals surface area contributed by atoms with Crippen molar-refractivity contribution in [2.24, 2.45) is 12.0 Å². The van der Waals surface area contributed by atoms with Crippen LogP contribution in [-0.2, 0) is 13.2 Å². The Bertz CT molecular complexity index is 1200. The molecule has 1 unspecified atom stereocenters. The van der Waals surface area contributed by atoms with Gasteiger partial charge in [-0.05, 0) is 37.6 Å². The second kappa shape index (κ2) is 11.8. The molecule has 3 rings (SSSR count). The molecule has 0 aliphatic carbocycles. The molecule has 0 fully saturated rings. The van der Waals surface area contributed by atoms with E-state index in [2.05, 4.69) is 31.9 Å². The molecule has 7 nitrogen and oxygen atoms in total. The predicted molar refractivity (Wildman–Crippen MR) is 112 cm³/mol. The van der Waals surface area contributed by atoms with E-state index in [1.807, 2.05) is 13.0 Å². The molecule has 0 bridgehead atoms. The summed E-state index contributed by atoms with van der Waals surface area (Å²) in [5, 5.41) is 10.4. The number of hydrogen-bond donors (Lipinski definition) is 2. The average molecular weight is 482 g/mol. The van der Waals surface area contributed by atoms with Gasteiger partial charge in [-0.15, -0.1) is 6.20 Å². The van der Waals surface area contributed by atoms with Crippen LogP contribution >= 0.6 is 0 Å². The summed E-state index contributed by atoms with van der Waals surface area (Å²) in [6, 6.07) is 7.61. The molecule has 0 saturated carbocycles. The maximum atomic E-state index is 13.0. The molecule has 11 heteroatoms. The second-order valence-electron chi connectivity index (χ2n) is 7.08. The van der Waals surface area contributed by atoms with Crippen LogP contribution in [0.2, 0.25) is 0 Å². The van der Waals surface area contributed by atoms with Crippen molar-refractivity contribution >= 4 is 11.6 Å². The van der Waals surface area contributed by atoms with Crippen molar-refractivity contribution in [3.63, 3.8) is 0 Å². The quantitative estimate of drug-likeness (QED) is 0.308. The van der Waals surface area contributed by atoms with Gasteiger partial charge in [0.05, 0.1) is 16.8 Å². The summed E-state index contributed by atoms with van der Waals surface area (Å²) < 4.78 is 40.5. The number of nitrogens with zero attached hydrogens (tertiary/aromatic N) is 4. The summed E-state index contributed by atoms with van der Waals surface area (Å²) in [4.78, 5) is 20.5. The molecular weight excluding hydrogens is 460 g/mol. The van der Waals surface area contributed by atoms with Crippen molar-refractivity contribution in [2.45, 2.75) is 26.1 Å². The predicted octanol–water partition coefficient (Wildman–Crippen LogP) is 0.643. The summed E-state index contributed by atoms with van der Waals surface area (Å²) in [6.45, 7) is 3.38. The number of amides is 1. The summed E-state index contributed by atoms with van der Waals surface area (Å²) in [6.07, 6.45) is 3.88. The molecule has 0 aliphatic heterocycles. The summed E-state index contributed by atoms with van der Waals surface area (Å²) in [7, 11) is 1.80. The molecular formula is C22H21F3KN6O-. The first kappa shape index (κ1) is 27.1. The van der Waals surface area contributed by atoms with Crippen molar-refractivity contribution in [1.29, 1.82) is 0 Å². The Hall–Kier alpha value is -2.18. The van der Waals surface area contributed by atoms with Crippen molar-refractivity contribution < 1.29 is 69.4 Å². The van der Waals surface area contributed by atoms with E-state index in [0.717, 1.165) is 11.6 Å². The molecule has 1 amide bonds. The zero-order valence-electron chi connectivity index (χ0n) is 18.6. The van der Waals surface area contributed by atoms with Gasteiger partial charge in [0.25, 0.3) is 5.91 Å². The van der Waals surface area contributed by atoms with Crippen molar-refractivity contribution in [3.05, 3.63) is 89.1 Å². The third kappa shape index (κ3) is 7.68. The third-order valence-electron chi connectivity index (χ3n) is 4.57. The smallest absolute Gasteiger partial charge is 0.560 e. The standard InChI is InChI=1S/C22H21F3N6O.K/c1-14(26-7-8-27-19-12-29-31(3)13-19)16-5-4-6-18(9-16)30-21(32)20-10-17(22(23,24)25)11-28-15(20)2;/h4-6,8-14,26H,1-3H3,(H,30,32);/q-2;+1. The van der Waals surface area contributed by atoms with E-state index in [9.17, 15) is 18.0 Å². The van der Waals surface area contributed by atoms with Crippen molar-refractivity contribution in [3.8, 4) is 0 Å². The molecule has 0 spiro atoms. The molecule has 33 heavy (non-hydrogen) atoms. The molecule has 2 N–H and O–H groups in total. The number of nitrogens with one attached hydrogen (secondary N) is 2. The third-order valence-corrected chi connectivity index (χ3v) is 4.57. The number of carbonyl (C=O) groups is 1. The first-order valence-corrected chi connectivity index (χ1v) is 9.61. The molecule has 0 saturated heterocycles. The first-order chi connectivity index (χ1) is 15.1. The number of alkyl halides is 3. The Morgan fingerprint density at radius 3 is 2.73 bits per heavy atom. The van der Waals surface area contributed by atoms with Gasteiger partial charge >= 0.3 is 57.6 Å². The largest absolute Gasteiger partial charge is 1.00 e. The van der Waals surface area contributed by atoms with Crippen LogP contribution in [0.25, 0.3) is 0 Å². The minimum Gasteiger partial charge on any atom is -0.560 e. The number of pyridine rings is 1. The van der Waals surface area contributed by atoms with Crippen molar-refractivity contribution in [2.75, 3.05) is 5.32 Å². The number of aryl methyl sites for hydroxylation is 2. The van der Waals surface area contributed by atoms with Crippen LogP contribution in [-0.4, -0.2) is 20.7 Å². The number of hydrogen-bond acceptors (Lipinski definition) is 5. The van der Waals surface area contributed by atoms with Crippen LogP contribution in [0.15, 0.2) is 60.1 Å². The Kier molecular flexibility index (Phi) is 9.67. The van der Waals surface area contributed by atoms with Gasteiger partial charge in [-0.3, -0.25) is 14.9 Å². The average Bonchev–Trinajstić information content (AvgIpc) is 3.15. The molecule has 0 radical (unpaired) electrons. The molecule has 0 aliphatic rings. The van der Waals surface area contributed by atoms with E-state index < -0.39 is 17.6 Å². The van der Waals surface area contributed by atoms with Gasteiger partial charge in [0, 0.05) is 25.0 Å². The maximum Gasteiger partial charge on any atom is 1.00 e. The fourth-order valence-corrected chi connectivity index (χ4v) is 2.83. The van der Waals surface area contributed by atoms with Crippen LogP contribution < -0.4 is 67.4 Å². The van der Waals surface area contributed by atoms with Gasteiger partial charge in [-0.1, -0.05) is 29.9 Å². The Labute approximate surface area is 231 Å². The normalized spacial score (nSPS) is 13.0. The maximum absolute atomic E-state index is 13.0. The van der Waals surface area contributed by atoms with Gasteiger partial charge in [-0.25, -0.2) is 0 Å². The molecule has 1 aromatic carbocycles. The van der Waals surface area contributed by atoms with E-state index in [4.69, 9.17) is 0 Å². The number of halogens is 3. The van der Waals surface area contributed by atoms with E-state index >= 15 is 0 Å². The summed E-state index contributed by atoms with van der Waals surface area (Å²) >= 11 is 0. The topological polar surface area (TPSA) is 84.2 Å². The van der Waals surface area contributed by atoms with Gasteiger partial charge in [-0.2, -0.15) is 13.2 Å². The second-order valence-corrected chi connectivity index (χ2v) is 7.08. The van der Waals surface area contributed by atoms with E-state index in [0.29, 0.717) is 17.2 Å². The number of aromatic nitrogens is 3. The van der Waals surface area contributed by atoms with Crippen molar-refractivity contribution in [1.82, 2.24) is 20.1 Å². The van der Waals surface area contributed by atoms with Gasteiger partial charge < -0.3 is 26.5 Å². The van der Waals surface area contributed by atoms with Crippen LogP contribution in [0.3, 0.4) is 0 Å². The summed E-state index contributed by atoms with van der Waals surface area (Å²) in [5.41, 5.74) is 0.383. The monoisotopic (exact) mass is 481 g/mol. The minimum absolute atomic E-state index is 0. The van der Waals surface area contributed by atoms with Gasteiger partial charge in [0.1, 0.15) is 0 Å². The summed E-state index contributed by atoms with van der Waals surface area (Å²) in [5.74, 6) is -0.666. The first-order valence-electron chi connectivity index (χ1n) is 9.61. The number of rotatable bonds is 6. The molecule has 1 atom stereocenters. The number of anilines is 1. The zero-order valence-corrected chi connectivity index (χ0v) is 21.7. The van der Waals surface area contributed by atoms with Crippen LogP contribution in [0.1, 0.15) is 40.1 Å². The Morgan fingerprint density at radius 2 is 2.06 bits per heavy atom. The number of benzene rings is 1. The molecule has 2 aromatic heterocycles. The minimum atomic E-state index is -4.58. The SMILES string of the molecule is Cc1ncc(C(F)(F)F)cc1C(=O)Nc1cccc(C(C)N[C-]=CN=c2cnn(C)[cH-]2)c1.[K+].